The van der Waals surface area contributed by atoms with Crippen LogP contribution in [-0.2, 0) is 22.6 Å². The SMILES string of the molecule is O=C(OCc1ccccc1)/C(CCc1ccc(Cl)cc1[N+](=O)[O-])=N/O. The Morgan fingerprint density at radius 2 is 1.96 bits per heavy atom. The first-order valence-corrected chi connectivity index (χ1v) is 7.74. The van der Waals surface area contributed by atoms with Crippen molar-refractivity contribution < 1.29 is 19.7 Å². The van der Waals surface area contributed by atoms with Crippen LogP contribution in [0.5, 0.6) is 0 Å². The second kappa shape index (κ2) is 8.79. The van der Waals surface area contributed by atoms with Gasteiger partial charge in [-0.25, -0.2) is 4.79 Å². The fraction of sp³-hybridized carbons (Fsp3) is 0.176. The standard InChI is InChI=1S/C17H15ClN2O5/c18-14-8-6-13(16(10-14)20(23)24)7-9-15(19-22)17(21)25-11-12-4-2-1-3-5-12/h1-6,8,10,22H,7,9,11H2/b19-15+. The van der Waals surface area contributed by atoms with Crippen molar-refractivity contribution in [3.8, 4) is 0 Å². The van der Waals surface area contributed by atoms with Crippen LogP contribution in [-0.4, -0.2) is 21.8 Å². The average molecular weight is 363 g/mol. The molecular formula is C17H15ClN2O5. The van der Waals surface area contributed by atoms with Crippen molar-refractivity contribution in [1.82, 2.24) is 0 Å². The molecule has 0 bridgehead atoms. The molecule has 0 atom stereocenters. The van der Waals surface area contributed by atoms with E-state index >= 15 is 0 Å². The zero-order valence-corrected chi connectivity index (χ0v) is 13.8. The molecule has 0 aliphatic rings. The molecule has 0 aliphatic heterocycles. The molecule has 0 saturated heterocycles. The van der Waals surface area contributed by atoms with Gasteiger partial charge in [0.15, 0.2) is 5.71 Å². The number of halogens is 1. The summed E-state index contributed by atoms with van der Waals surface area (Å²) in [6.45, 7) is 0.0415. The summed E-state index contributed by atoms with van der Waals surface area (Å²) in [6, 6.07) is 13.3. The number of hydrogen-bond acceptors (Lipinski definition) is 6. The van der Waals surface area contributed by atoms with Gasteiger partial charge in [-0.05, 0) is 18.1 Å². The van der Waals surface area contributed by atoms with Gasteiger partial charge in [0.2, 0.25) is 0 Å². The Morgan fingerprint density at radius 3 is 2.60 bits per heavy atom. The number of oxime groups is 1. The lowest BCUT2D eigenvalue weighted by molar-refractivity contribution is -0.385. The molecule has 0 heterocycles. The first-order valence-electron chi connectivity index (χ1n) is 7.36. The summed E-state index contributed by atoms with van der Waals surface area (Å²) in [5.74, 6) is -0.775. The summed E-state index contributed by atoms with van der Waals surface area (Å²) in [5.41, 5.74) is 0.815. The Balaban J connectivity index is 1.98. The number of hydrogen-bond donors (Lipinski definition) is 1. The van der Waals surface area contributed by atoms with Crippen LogP contribution in [0, 0.1) is 10.1 Å². The maximum Gasteiger partial charge on any atom is 0.356 e. The van der Waals surface area contributed by atoms with E-state index in [0.717, 1.165) is 5.56 Å². The van der Waals surface area contributed by atoms with Gasteiger partial charge in [-0.15, -0.1) is 0 Å². The molecule has 0 aromatic heterocycles. The van der Waals surface area contributed by atoms with Crippen LogP contribution in [0.25, 0.3) is 0 Å². The van der Waals surface area contributed by atoms with Crippen molar-refractivity contribution in [2.24, 2.45) is 5.16 Å². The van der Waals surface area contributed by atoms with Gasteiger partial charge in [-0.3, -0.25) is 10.1 Å². The summed E-state index contributed by atoms with van der Waals surface area (Å²) in [5, 5.41) is 23.3. The van der Waals surface area contributed by atoms with Gasteiger partial charge in [0.25, 0.3) is 5.69 Å². The molecule has 0 fully saturated rings. The second-order valence-electron chi connectivity index (χ2n) is 5.14. The van der Waals surface area contributed by atoms with Gasteiger partial charge in [0, 0.05) is 23.1 Å². The number of esters is 1. The Bertz CT molecular complexity index is 793. The van der Waals surface area contributed by atoms with Gasteiger partial charge >= 0.3 is 5.97 Å². The van der Waals surface area contributed by atoms with Gasteiger partial charge in [0.1, 0.15) is 6.61 Å². The smallest absolute Gasteiger partial charge is 0.356 e. The highest BCUT2D eigenvalue weighted by atomic mass is 35.5. The van der Waals surface area contributed by atoms with E-state index in [1.807, 2.05) is 18.2 Å². The largest absolute Gasteiger partial charge is 0.456 e. The molecule has 25 heavy (non-hydrogen) atoms. The van der Waals surface area contributed by atoms with E-state index < -0.39 is 10.9 Å². The molecular weight excluding hydrogens is 348 g/mol. The van der Waals surface area contributed by atoms with Gasteiger partial charge in [-0.1, -0.05) is 53.2 Å². The fourth-order valence-corrected chi connectivity index (χ4v) is 2.34. The van der Waals surface area contributed by atoms with Crippen LogP contribution in [0.1, 0.15) is 17.5 Å². The van der Waals surface area contributed by atoms with E-state index in [1.165, 1.54) is 18.2 Å². The summed E-state index contributed by atoms with van der Waals surface area (Å²) in [6.07, 6.45) is 0.125. The third-order valence-corrected chi connectivity index (χ3v) is 3.68. The lowest BCUT2D eigenvalue weighted by atomic mass is 10.1. The quantitative estimate of drug-likeness (QED) is 0.265. The number of carbonyl (C=O) groups is 1. The summed E-state index contributed by atoms with van der Waals surface area (Å²) in [4.78, 5) is 22.5. The Kier molecular flexibility index (Phi) is 6.47. The molecule has 7 nitrogen and oxygen atoms in total. The van der Waals surface area contributed by atoms with Crippen LogP contribution in [0.15, 0.2) is 53.7 Å². The predicted octanol–water partition coefficient (Wildman–Crippen LogP) is 3.75. The monoisotopic (exact) mass is 362 g/mol. The van der Waals surface area contributed by atoms with E-state index in [0.29, 0.717) is 5.56 Å². The number of rotatable bonds is 7. The Morgan fingerprint density at radius 1 is 1.24 bits per heavy atom. The second-order valence-corrected chi connectivity index (χ2v) is 5.58. The van der Waals surface area contributed by atoms with E-state index in [-0.39, 0.29) is 35.9 Å². The molecule has 0 amide bonds. The summed E-state index contributed by atoms with van der Waals surface area (Å²) >= 11 is 5.76. The lowest BCUT2D eigenvalue weighted by Gasteiger charge is -2.07. The number of carbonyl (C=O) groups excluding carboxylic acids is 1. The number of nitro benzene ring substituents is 1. The Labute approximate surface area is 148 Å². The highest BCUT2D eigenvalue weighted by Crippen LogP contribution is 2.24. The van der Waals surface area contributed by atoms with Gasteiger partial charge in [0.05, 0.1) is 4.92 Å². The molecule has 0 saturated carbocycles. The normalized spacial score (nSPS) is 11.2. The first-order chi connectivity index (χ1) is 12.0. The minimum Gasteiger partial charge on any atom is -0.456 e. The number of nitrogens with zero attached hydrogens (tertiary/aromatic N) is 2. The van der Waals surface area contributed by atoms with E-state index in [9.17, 15) is 14.9 Å². The van der Waals surface area contributed by atoms with Crippen LogP contribution in [0.3, 0.4) is 0 Å². The molecule has 2 rings (SSSR count). The maximum absolute atomic E-state index is 12.0. The van der Waals surface area contributed by atoms with Crippen LogP contribution in [0.4, 0.5) is 5.69 Å². The lowest BCUT2D eigenvalue weighted by Crippen LogP contribution is -2.18. The maximum atomic E-state index is 12.0. The van der Waals surface area contributed by atoms with Crippen molar-refractivity contribution in [2.45, 2.75) is 19.4 Å². The third-order valence-electron chi connectivity index (χ3n) is 3.44. The van der Waals surface area contributed by atoms with Gasteiger partial charge in [-0.2, -0.15) is 0 Å². The third kappa shape index (κ3) is 5.29. The van der Waals surface area contributed by atoms with Crippen LogP contribution >= 0.6 is 11.6 Å². The summed E-state index contributed by atoms with van der Waals surface area (Å²) < 4.78 is 5.08. The summed E-state index contributed by atoms with van der Waals surface area (Å²) in [7, 11) is 0. The molecule has 8 heteroatoms. The molecule has 2 aromatic carbocycles. The molecule has 0 radical (unpaired) electrons. The first kappa shape index (κ1) is 18.4. The molecule has 130 valence electrons. The van der Waals surface area contributed by atoms with E-state index in [4.69, 9.17) is 21.5 Å². The predicted molar refractivity (Wildman–Crippen MR) is 91.9 cm³/mol. The number of ether oxygens (including phenoxy) is 1. The van der Waals surface area contributed by atoms with E-state index in [2.05, 4.69) is 5.16 Å². The molecule has 0 unspecified atom stereocenters. The number of aryl methyl sites for hydroxylation is 1. The van der Waals surface area contributed by atoms with Crippen molar-refractivity contribution in [3.63, 3.8) is 0 Å². The van der Waals surface area contributed by atoms with Crippen molar-refractivity contribution >= 4 is 29.0 Å². The number of nitro groups is 1. The zero-order valence-electron chi connectivity index (χ0n) is 13.1. The van der Waals surface area contributed by atoms with Crippen LogP contribution in [0.2, 0.25) is 5.02 Å². The highest BCUT2D eigenvalue weighted by molar-refractivity contribution is 6.36. The Hall–Kier alpha value is -2.93. The molecule has 0 aliphatic carbocycles. The topological polar surface area (TPSA) is 102 Å². The number of benzene rings is 2. The minimum atomic E-state index is -0.775. The van der Waals surface area contributed by atoms with Crippen molar-refractivity contribution in [3.05, 3.63) is 74.8 Å². The van der Waals surface area contributed by atoms with E-state index in [1.54, 1.807) is 12.1 Å². The average Bonchev–Trinajstić information content (AvgIpc) is 2.62. The van der Waals surface area contributed by atoms with Crippen molar-refractivity contribution in [1.29, 1.82) is 0 Å². The van der Waals surface area contributed by atoms with Crippen molar-refractivity contribution in [2.75, 3.05) is 0 Å². The molecule has 2 aromatic rings. The fourth-order valence-electron chi connectivity index (χ4n) is 2.17. The molecule has 0 spiro atoms. The van der Waals surface area contributed by atoms with Crippen LogP contribution < -0.4 is 0 Å². The minimum absolute atomic E-state index is 0.00735. The zero-order chi connectivity index (χ0) is 18.2. The molecule has 1 N–H and O–H groups in total. The van der Waals surface area contributed by atoms with Gasteiger partial charge < -0.3 is 9.94 Å². The highest BCUT2D eigenvalue weighted by Gasteiger charge is 2.19.